The molecule has 3 rings (SSSR count). The van der Waals surface area contributed by atoms with E-state index in [1.807, 2.05) is 6.07 Å². The van der Waals surface area contributed by atoms with Crippen LogP contribution in [0.4, 0.5) is 5.69 Å². The number of nitrogens with two attached hydrogens (primary N) is 1. The van der Waals surface area contributed by atoms with Gasteiger partial charge in [-0.15, -0.1) is 0 Å². The van der Waals surface area contributed by atoms with Gasteiger partial charge in [-0.05, 0) is 30.3 Å². The number of ether oxygens (including phenoxy) is 2. The summed E-state index contributed by atoms with van der Waals surface area (Å²) in [7, 11) is 1.25. The Morgan fingerprint density at radius 2 is 2.00 bits per heavy atom. The lowest BCUT2D eigenvalue weighted by atomic mass is 10.2. The molecule has 0 aliphatic carbocycles. The Morgan fingerprint density at radius 1 is 1.23 bits per heavy atom. The van der Waals surface area contributed by atoms with Gasteiger partial charge in [0.05, 0.1) is 24.0 Å². The lowest BCUT2D eigenvalue weighted by Gasteiger charge is -2.14. The van der Waals surface area contributed by atoms with Crippen LogP contribution < -0.4 is 10.5 Å². The summed E-state index contributed by atoms with van der Waals surface area (Å²) < 4.78 is 12.2. The first-order chi connectivity index (χ1) is 12.5. The van der Waals surface area contributed by atoms with Gasteiger partial charge in [0.25, 0.3) is 0 Å². The smallest absolute Gasteiger partial charge is 0.357 e. The van der Waals surface area contributed by atoms with Crippen molar-refractivity contribution in [3.63, 3.8) is 0 Å². The first-order valence-electron chi connectivity index (χ1n) is 7.57. The summed E-state index contributed by atoms with van der Waals surface area (Å²) in [6.45, 7) is 0. The number of anilines is 1. The second kappa shape index (κ2) is 7.21. The first kappa shape index (κ1) is 17.4. The number of aromatic nitrogens is 1. The van der Waals surface area contributed by atoms with Crippen molar-refractivity contribution >= 4 is 23.3 Å². The average Bonchev–Trinajstić information content (AvgIpc) is 2.98. The van der Waals surface area contributed by atoms with Gasteiger partial charge >= 0.3 is 5.97 Å². The molecule has 0 spiro atoms. The molecule has 0 saturated heterocycles. The van der Waals surface area contributed by atoms with Crippen LogP contribution in [0.3, 0.4) is 0 Å². The van der Waals surface area contributed by atoms with Crippen molar-refractivity contribution in [1.82, 2.24) is 4.57 Å². The maximum Gasteiger partial charge on any atom is 0.357 e. The third-order valence-corrected chi connectivity index (χ3v) is 3.93. The summed E-state index contributed by atoms with van der Waals surface area (Å²) in [5.41, 5.74) is 6.76. The molecule has 3 aromatic rings. The number of para-hydroxylation sites is 2. The quantitative estimate of drug-likeness (QED) is 0.699. The second-order valence-corrected chi connectivity index (χ2v) is 5.74. The van der Waals surface area contributed by atoms with Crippen LogP contribution in [0, 0.1) is 11.3 Å². The molecule has 0 aliphatic rings. The van der Waals surface area contributed by atoms with E-state index in [4.69, 9.17) is 26.8 Å². The summed E-state index contributed by atoms with van der Waals surface area (Å²) in [6.07, 6.45) is 1.47. The van der Waals surface area contributed by atoms with Gasteiger partial charge in [-0.2, -0.15) is 5.26 Å². The van der Waals surface area contributed by atoms with Crippen LogP contribution >= 0.6 is 11.6 Å². The van der Waals surface area contributed by atoms with Gasteiger partial charge in [-0.25, -0.2) is 4.79 Å². The first-order valence-corrected chi connectivity index (χ1v) is 7.95. The Bertz CT molecular complexity index is 1020. The summed E-state index contributed by atoms with van der Waals surface area (Å²) in [6, 6.07) is 16.0. The van der Waals surface area contributed by atoms with Crippen LogP contribution in [-0.2, 0) is 4.74 Å². The highest BCUT2D eigenvalue weighted by molar-refractivity contribution is 6.30. The number of benzene rings is 2. The molecule has 1 heterocycles. The maximum absolute atomic E-state index is 12.2. The normalized spacial score (nSPS) is 10.2. The van der Waals surface area contributed by atoms with Gasteiger partial charge in [-0.1, -0.05) is 29.8 Å². The molecule has 0 fully saturated rings. The number of halogens is 1. The molecule has 7 heteroatoms. The highest BCUT2D eigenvalue weighted by Gasteiger charge is 2.23. The van der Waals surface area contributed by atoms with Crippen molar-refractivity contribution in [3.05, 3.63) is 71.0 Å². The molecule has 1 aromatic heterocycles. The highest BCUT2D eigenvalue weighted by atomic mass is 35.5. The SMILES string of the molecule is COC(=O)c1c(N)c(C#N)cn1-c1ccccc1Oc1cccc(Cl)c1. The standard InChI is InChI=1S/C19H14ClN3O3/c1-25-19(24)18-17(22)12(10-21)11-23(18)15-7-2-3-8-16(15)26-14-6-4-5-13(20)9-14/h2-9,11H,22H2,1H3. The van der Waals surface area contributed by atoms with Crippen LogP contribution in [0.25, 0.3) is 5.69 Å². The number of carbonyl (C=O) groups excluding carboxylic acids is 1. The molecule has 0 radical (unpaired) electrons. The van der Waals surface area contributed by atoms with E-state index in [9.17, 15) is 10.1 Å². The molecule has 130 valence electrons. The third-order valence-electron chi connectivity index (χ3n) is 3.69. The van der Waals surface area contributed by atoms with Gasteiger partial charge in [-0.3, -0.25) is 0 Å². The molecule has 2 aromatic carbocycles. The molecule has 0 unspecified atom stereocenters. The fourth-order valence-electron chi connectivity index (χ4n) is 2.50. The van der Waals surface area contributed by atoms with Gasteiger partial charge in [0.2, 0.25) is 0 Å². The van der Waals surface area contributed by atoms with Crippen molar-refractivity contribution in [2.24, 2.45) is 0 Å². The molecule has 26 heavy (non-hydrogen) atoms. The summed E-state index contributed by atoms with van der Waals surface area (Å²) >= 11 is 6.00. The van der Waals surface area contributed by atoms with Gasteiger partial charge < -0.3 is 19.8 Å². The molecule has 0 saturated carbocycles. The Kier molecular flexibility index (Phi) is 4.83. The van der Waals surface area contributed by atoms with Crippen molar-refractivity contribution in [2.45, 2.75) is 0 Å². The topological polar surface area (TPSA) is 90.3 Å². The molecule has 0 atom stereocenters. The predicted octanol–water partition coefficient (Wildman–Crippen LogP) is 4.16. The summed E-state index contributed by atoms with van der Waals surface area (Å²) in [5.74, 6) is 0.339. The van der Waals surface area contributed by atoms with E-state index in [0.29, 0.717) is 22.2 Å². The highest BCUT2D eigenvalue weighted by Crippen LogP contribution is 2.33. The van der Waals surface area contributed by atoms with E-state index in [-0.39, 0.29) is 16.9 Å². The maximum atomic E-state index is 12.2. The van der Waals surface area contributed by atoms with Crippen molar-refractivity contribution < 1.29 is 14.3 Å². The number of hydrogen-bond donors (Lipinski definition) is 1. The van der Waals surface area contributed by atoms with E-state index in [2.05, 4.69) is 0 Å². The fraction of sp³-hybridized carbons (Fsp3) is 0.0526. The zero-order valence-corrected chi connectivity index (χ0v) is 14.5. The summed E-state index contributed by atoms with van der Waals surface area (Å²) in [4.78, 5) is 12.2. The minimum absolute atomic E-state index is 0.0527. The number of nitrogen functional groups attached to an aromatic ring is 1. The Labute approximate surface area is 154 Å². The molecule has 0 bridgehead atoms. The molecule has 0 amide bonds. The predicted molar refractivity (Wildman–Crippen MR) is 97.8 cm³/mol. The van der Waals surface area contributed by atoms with E-state index in [0.717, 1.165) is 0 Å². The minimum atomic E-state index is -0.651. The molecule has 2 N–H and O–H groups in total. The Morgan fingerprint density at radius 3 is 2.69 bits per heavy atom. The molecule has 6 nitrogen and oxygen atoms in total. The van der Waals surface area contributed by atoms with Crippen LogP contribution in [0.15, 0.2) is 54.7 Å². The van der Waals surface area contributed by atoms with E-state index < -0.39 is 5.97 Å². The number of carbonyl (C=O) groups is 1. The average molecular weight is 368 g/mol. The second-order valence-electron chi connectivity index (χ2n) is 5.31. The van der Waals surface area contributed by atoms with E-state index in [1.54, 1.807) is 48.5 Å². The zero-order chi connectivity index (χ0) is 18.7. The zero-order valence-electron chi connectivity index (χ0n) is 13.8. The number of hydrogen-bond acceptors (Lipinski definition) is 5. The number of esters is 1. The van der Waals surface area contributed by atoms with Gasteiger partial charge in [0.1, 0.15) is 11.8 Å². The number of rotatable bonds is 4. The van der Waals surface area contributed by atoms with Crippen LogP contribution in [-0.4, -0.2) is 17.6 Å². The third kappa shape index (κ3) is 3.21. The largest absolute Gasteiger partial charge is 0.464 e. The van der Waals surface area contributed by atoms with Gasteiger partial charge in [0.15, 0.2) is 11.4 Å². The van der Waals surface area contributed by atoms with Gasteiger partial charge in [0, 0.05) is 11.2 Å². The monoisotopic (exact) mass is 367 g/mol. The van der Waals surface area contributed by atoms with Crippen LogP contribution in [0.1, 0.15) is 16.1 Å². The van der Waals surface area contributed by atoms with Crippen molar-refractivity contribution in [2.75, 3.05) is 12.8 Å². The number of methoxy groups -OCH3 is 1. The van der Waals surface area contributed by atoms with Crippen LogP contribution in [0.5, 0.6) is 11.5 Å². The number of nitrogens with zero attached hydrogens (tertiary/aromatic N) is 2. The van der Waals surface area contributed by atoms with Crippen molar-refractivity contribution in [1.29, 1.82) is 5.26 Å². The Balaban J connectivity index is 2.14. The van der Waals surface area contributed by atoms with E-state index in [1.165, 1.54) is 17.9 Å². The molecular formula is C19H14ClN3O3. The fourth-order valence-corrected chi connectivity index (χ4v) is 2.68. The number of nitriles is 1. The van der Waals surface area contributed by atoms with Crippen molar-refractivity contribution in [3.8, 4) is 23.3 Å². The molecule has 0 aliphatic heterocycles. The van der Waals surface area contributed by atoms with E-state index >= 15 is 0 Å². The minimum Gasteiger partial charge on any atom is -0.464 e. The lowest BCUT2D eigenvalue weighted by Crippen LogP contribution is -2.11. The lowest BCUT2D eigenvalue weighted by molar-refractivity contribution is 0.0593. The Hall–Kier alpha value is -3.43. The van der Waals surface area contributed by atoms with Crippen LogP contribution in [0.2, 0.25) is 5.02 Å². The molecular weight excluding hydrogens is 354 g/mol. The summed E-state index contributed by atoms with van der Waals surface area (Å²) in [5, 5.41) is 9.79.